The van der Waals surface area contributed by atoms with Crippen LogP contribution in [0.2, 0.25) is 0 Å². The summed E-state index contributed by atoms with van der Waals surface area (Å²) in [5, 5.41) is 12.0. The number of alkyl carbamates (subject to hydrolysis) is 1. The summed E-state index contributed by atoms with van der Waals surface area (Å²) < 4.78 is 5.49. The average Bonchev–Trinajstić information content (AvgIpc) is 2.93. The van der Waals surface area contributed by atoms with Gasteiger partial charge in [0.1, 0.15) is 12.1 Å². The lowest BCUT2D eigenvalue weighted by atomic mass is 9.84. The largest absolute Gasteiger partial charge is 0.480 e. The van der Waals surface area contributed by atoms with Gasteiger partial charge < -0.3 is 15.2 Å². The predicted octanol–water partition coefficient (Wildman–Crippen LogP) is 3.49. The molecule has 5 nitrogen and oxygen atoms in total. The quantitative estimate of drug-likeness (QED) is 0.736. The van der Waals surface area contributed by atoms with E-state index in [1.807, 2.05) is 6.08 Å². The van der Waals surface area contributed by atoms with Crippen molar-refractivity contribution < 1.29 is 19.4 Å². The van der Waals surface area contributed by atoms with E-state index in [0.717, 1.165) is 57.8 Å². The zero-order chi connectivity index (χ0) is 15.9. The van der Waals surface area contributed by atoms with Gasteiger partial charge in [-0.05, 0) is 50.4 Å². The first kappa shape index (κ1) is 16.8. The summed E-state index contributed by atoms with van der Waals surface area (Å²) in [7, 11) is 0. The van der Waals surface area contributed by atoms with Crippen molar-refractivity contribution in [2.24, 2.45) is 11.8 Å². The topological polar surface area (TPSA) is 75.6 Å². The van der Waals surface area contributed by atoms with Crippen molar-refractivity contribution in [1.82, 2.24) is 5.32 Å². The molecule has 3 atom stereocenters. The van der Waals surface area contributed by atoms with Crippen molar-refractivity contribution in [2.75, 3.05) is 0 Å². The molecular formula is C17H27NO4. The Bertz CT molecular complexity index is 403. The molecule has 2 fully saturated rings. The Morgan fingerprint density at radius 1 is 1.18 bits per heavy atom. The molecule has 2 saturated carbocycles. The van der Waals surface area contributed by atoms with Gasteiger partial charge in [-0.2, -0.15) is 0 Å². The molecule has 0 heterocycles. The van der Waals surface area contributed by atoms with E-state index in [1.165, 1.54) is 0 Å². The summed E-state index contributed by atoms with van der Waals surface area (Å²) in [5.74, 6) is -0.620. The average molecular weight is 309 g/mol. The van der Waals surface area contributed by atoms with Crippen molar-refractivity contribution >= 4 is 12.1 Å². The Kier molecular flexibility index (Phi) is 6.28. The minimum Gasteiger partial charge on any atom is -0.480 e. The molecule has 22 heavy (non-hydrogen) atoms. The molecule has 0 aromatic carbocycles. The standard InChI is InChI=1S/C17H27NO4/c1-2-7-12-10-6-11-14(12)22-17(21)18-15(16(19)20)13-8-4-3-5-9-13/h2,12-15H,1,3-11H2,(H,18,21)(H,19,20)/t12-,14+,15-/m0/s1. The summed E-state index contributed by atoms with van der Waals surface area (Å²) in [5.41, 5.74) is 0. The van der Waals surface area contributed by atoms with Crippen molar-refractivity contribution in [2.45, 2.75) is 69.9 Å². The number of rotatable bonds is 6. The minimum atomic E-state index is -0.960. The molecule has 0 bridgehead atoms. The SMILES string of the molecule is C=CC[C@H]1CCC[C@H]1OC(=O)N[C@H](C(=O)O)C1CCCCC1. The molecule has 2 N–H and O–H groups in total. The van der Waals surface area contributed by atoms with Crippen LogP contribution in [0.5, 0.6) is 0 Å². The number of hydrogen-bond acceptors (Lipinski definition) is 3. The lowest BCUT2D eigenvalue weighted by Crippen LogP contribution is -2.47. The molecule has 0 aromatic heterocycles. The Balaban J connectivity index is 1.87. The third kappa shape index (κ3) is 4.49. The molecule has 0 aliphatic heterocycles. The van der Waals surface area contributed by atoms with E-state index in [2.05, 4.69) is 11.9 Å². The number of carboxylic acids is 1. The van der Waals surface area contributed by atoms with Gasteiger partial charge in [0, 0.05) is 0 Å². The molecule has 124 valence electrons. The van der Waals surface area contributed by atoms with E-state index in [0.29, 0.717) is 5.92 Å². The molecule has 2 aliphatic rings. The van der Waals surface area contributed by atoms with Gasteiger partial charge in [0.05, 0.1) is 0 Å². The number of carbonyl (C=O) groups excluding carboxylic acids is 1. The number of amides is 1. The second kappa shape index (κ2) is 8.20. The summed E-state index contributed by atoms with van der Waals surface area (Å²) in [6.45, 7) is 3.74. The first-order chi connectivity index (χ1) is 10.6. The number of carboxylic acid groups (broad SMARTS) is 1. The first-order valence-corrected chi connectivity index (χ1v) is 8.42. The highest BCUT2D eigenvalue weighted by Gasteiger charge is 2.34. The lowest BCUT2D eigenvalue weighted by Gasteiger charge is -2.28. The van der Waals surface area contributed by atoms with Gasteiger partial charge in [-0.15, -0.1) is 6.58 Å². The van der Waals surface area contributed by atoms with Crippen LogP contribution in [0, 0.1) is 11.8 Å². The highest BCUT2D eigenvalue weighted by molar-refractivity contribution is 5.80. The molecule has 0 spiro atoms. The molecule has 5 heteroatoms. The van der Waals surface area contributed by atoms with Crippen LogP contribution < -0.4 is 5.32 Å². The number of carbonyl (C=O) groups is 2. The van der Waals surface area contributed by atoms with Gasteiger partial charge in [-0.25, -0.2) is 9.59 Å². The maximum atomic E-state index is 12.1. The number of nitrogens with one attached hydrogen (secondary N) is 1. The second-order valence-electron chi connectivity index (χ2n) is 6.52. The smallest absolute Gasteiger partial charge is 0.408 e. The molecule has 1 amide bonds. The highest BCUT2D eigenvalue weighted by Crippen LogP contribution is 2.31. The minimum absolute atomic E-state index is 0.0198. The van der Waals surface area contributed by atoms with E-state index in [9.17, 15) is 14.7 Å². The fraction of sp³-hybridized carbons (Fsp3) is 0.765. The van der Waals surface area contributed by atoms with Crippen LogP contribution in [0.1, 0.15) is 57.8 Å². The number of aliphatic carboxylic acids is 1. The van der Waals surface area contributed by atoms with E-state index in [4.69, 9.17) is 4.74 Å². The molecule has 2 rings (SSSR count). The monoisotopic (exact) mass is 309 g/mol. The summed E-state index contributed by atoms with van der Waals surface area (Å²) >= 11 is 0. The van der Waals surface area contributed by atoms with Crippen LogP contribution in [0.15, 0.2) is 12.7 Å². The van der Waals surface area contributed by atoms with Gasteiger partial charge in [0.15, 0.2) is 0 Å². The molecule has 0 aromatic rings. The van der Waals surface area contributed by atoms with Crippen LogP contribution in [0.3, 0.4) is 0 Å². The fourth-order valence-corrected chi connectivity index (χ4v) is 3.79. The number of hydrogen-bond donors (Lipinski definition) is 2. The normalized spacial score (nSPS) is 27.1. The molecule has 0 radical (unpaired) electrons. The van der Waals surface area contributed by atoms with Crippen molar-refractivity contribution in [3.05, 3.63) is 12.7 Å². The van der Waals surface area contributed by atoms with Crippen molar-refractivity contribution in [3.8, 4) is 0 Å². The lowest BCUT2D eigenvalue weighted by molar-refractivity contribution is -0.141. The van der Waals surface area contributed by atoms with E-state index in [-0.39, 0.29) is 12.0 Å². The third-order valence-corrected chi connectivity index (χ3v) is 4.98. The zero-order valence-corrected chi connectivity index (χ0v) is 13.1. The van der Waals surface area contributed by atoms with Gasteiger partial charge in [0.2, 0.25) is 0 Å². The maximum Gasteiger partial charge on any atom is 0.408 e. The third-order valence-electron chi connectivity index (χ3n) is 4.98. The van der Waals surface area contributed by atoms with Gasteiger partial charge in [-0.1, -0.05) is 25.3 Å². The number of ether oxygens (including phenoxy) is 1. The summed E-state index contributed by atoms with van der Waals surface area (Å²) in [6, 6.07) is -0.827. The molecule has 2 aliphatic carbocycles. The molecular weight excluding hydrogens is 282 g/mol. The van der Waals surface area contributed by atoms with Crippen LogP contribution in [0.25, 0.3) is 0 Å². The van der Waals surface area contributed by atoms with E-state index in [1.54, 1.807) is 0 Å². The highest BCUT2D eigenvalue weighted by atomic mass is 16.6. The fourth-order valence-electron chi connectivity index (χ4n) is 3.79. The van der Waals surface area contributed by atoms with Crippen molar-refractivity contribution in [3.63, 3.8) is 0 Å². The van der Waals surface area contributed by atoms with E-state index >= 15 is 0 Å². The zero-order valence-electron chi connectivity index (χ0n) is 13.1. The summed E-state index contributed by atoms with van der Waals surface area (Å²) in [6.07, 6.45) is 9.87. The molecule has 0 unspecified atom stereocenters. The Labute approximate surface area is 132 Å². The first-order valence-electron chi connectivity index (χ1n) is 8.42. The van der Waals surface area contributed by atoms with Crippen LogP contribution >= 0.6 is 0 Å². The molecule has 0 saturated heterocycles. The summed E-state index contributed by atoms with van der Waals surface area (Å²) in [4.78, 5) is 23.5. The van der Waals surface area contributed by atoms with Crippen LogP contribution in [-0.4, -0.2) is 29.3 Å². The second-order valence-corrected chi connectivity index (χ2v) is 6.52. The van der Waals surface area contributed by atoms with E-state index < -0.39 is 18.1 Å². The van der Waals surface area contributed by atoms with Gasteiger partial charge in [0.25, 0.3) is 0 Å². The predicted molar refractivity (Wildman–Crippen MR) is 83.6 cm³/mol. The van der Waals surface area contributed by atoms with Gasteiger partial charge >= 0.3 is 12.1 Å². The maximum absolute atomic E-state index is 12.1. The van der Waals surface area contributed by atoms with Crippen molar-refractivity contribution in [1.29, 1.82) is 0 Å². The Morgan fingerprint density at radius 2 is 1.91 bits per heavy atom. The Hall–Kier alpha value is -1.52. The number of allylic oxidation sites excluding steroid dienone is 1. The van der Waals surface area contributed by atoms with Crippen LogP contribution in [-0.2, 0) is 9.53 Å². The Morgan fingerprint density at radius 3 is 2.55 bits per heavy atom. The van der Waals surface area contributed by atoms with Crippen LogP contribution in [0.4, 0.5) is 4.79 Å². The van der Waals surface area contributed by atoms with Gasteiger partial charge in [-0.3, -0.25) is 0 Å².